The number of sulfonamides is 2. The van der Waals surface area contributed by atoms with Crippen LogP contribution in [0.4, 0.5) is 8.78 Å². The fraction of sp³-hybridized carbons (Fsp3) is 0.423. The van der Waals surface area contributed by atoms with Gasteiger partial charge in [0, 0.05) is 45.8 Å². The second kappa shape index (κ2) is 23.9. The SMILES string of the molecule is C#CC1CC1.CC(NC(=O)C1CCC(NS(=O)(=O)c2ccc(Br)cc2)CC1)c1ccc(F)cc1.CC(NC(=O)C1CCC(NS(=O)(=O)c2ccc(C#CC3CC3)cc2)CC1)c1ccc(F)cc1. The van der Waals surface area contributed by atoms with E-state index in [1.807, 2.05) is 13.8 Å². The molecule has 2 atom stereocenters. The van der Waals surface area contributed by atoms with Crippen molar-refractivity contribution in [2.75, 3.05) is 0 Å². The molecule has 2 amide bonds. The third kappa shape index (κ3) is 16.4. The van der Waals surface area contributed by atoms with E-state index in [9.17, 15) is 35.2 Å². The number of hydrogen-bond donors (Lipinski definition) is 4. The van der Waals surface area contributed by atoms with E-state index < -0.39 is 20.0 Å². The molecular weight excluding hydrogens is 959 g/mol. The Balaban J connectivity index is 0.000000201. The Bertz CT molecular complexity index is 2610. The van der Waals surface area contributed by atoms with E-state index in [1.165, 1.54) is 37.1 Å². The van der Waals surface area contributed by atoms with Gasteiger partial charge in [0.2, 0.25) is 31.9 Å². The summed E-state index contributed by atoms with van der Waals surface area (Å²) in [6.07, 6.45) is 14.7. The molecule has 0 radical (unpaired) electrons. The third-order valence-corrected chi connectivity index (χ3v) is 16.0. The monoisotopic (exact) mass is 1020 g/mol. The summed E-state index contributed by atoms with van der Waals surface area (Å²) in [5.41, 5.74) is 2.51. The molecular formula is C52H59BrF2N4O6S2. The standard InChI is InChI=1S/C26H29FN2O3S.C21H24BrFN2O3S.C5H6/c1-18(21-8-12-23(27)13-9-21)28-26(30)22-10-14-24(15-11-22)29-33(31,32)25-16-6-20(7-17-25)5-4-19-2-3-19;1-14(15-2-8-18(23)9-3-15)24-21(26)16-4-10-19(11-5-16)25-29(27,28)20-12-6-17(22)7-13-20;1-2-5-3-4-5/h6-9,12-13,16-19,22,24,29H,2-3,10-11,14-15H2,1H3,(H,28,30);2-3,6-9,12-14,16,19,25H,4-5,10-11H2,1H3,(H,24,26);1,5H,3-4H2. The van der Waals surface area contributed by atoms with Crippen molar-refractivity contribution >= 4 is 47.8 Å². The molecule has 356 valence electrons. The lowest BCUT2D eigenvalue weighted by atomic mass is 9.85. The van der Waals surface area contributed by atoms with Crippen molar-refractivity contribution in [2.24, 2.45) is 23.7 Å². The summed E-state index contributed by atoms with van der Waals surface area (Å²) in [6, 6.07) is 24.5. The Morgan fingerprint density at radius 1 is 0.567 bits per heavy atom. The number of rotatable bonds is 12. The summed E-state index contributed by atoms with van der Waals surface area (Å²) in [6.45, 7) is 3.73. The van der Waals surface area contributed by atoms with Gasteiger partial charge in [0.15, 0.2) is 0 Å². The fourth-order valence-electron chi connectivity index (χ4n) is 7.85. The minimum Gasteiger partial charge on any atom is -0.349 e. The topological polar surface area (TPSA) is 151 Å². The van der Waals surface area contributed by atoms with Crippen LogP contribution in [0.25, 0.3) is 0 Å². The average molecular weight is 1020 g/mol. The quantitative estimate of drug-likeness (QED) is 0.104. The third-order valence-electron chi connectivity index (χ3n) is 12.4. The van der Waals surface area contributed by atoms with E-state index >= 15 is 0 Å². The summed E-state index contributed by atoms with van der Waals surface area (Å²) >= 11 is 3.30. The van der Waals surface area contributed by atoms with E-state index in [0.717, 1.165) is 34.0 Å². The lowest BCUT2D eigenvalue weighted by molar-refractivity contribution is -0.127. The molecule has 8 rings (SSSR count). The molecule has 0 bridgehead atoms. The van der Waals surface area contributed by atoms with Gasteiger partial charge >= 0.3 is 0 Å². The highest BCUT2D eigenvalue weighted by atomic mass is 79.9. The highest BCUT2D eigenvalue weighted by Gasteiger charge is 2.31. The molecule has 4 aliphatic rings. The van der Waals surface area contributed by atoms with Crippen molar-refractivity contribution < 1.29 is 35.2 Å². The molecule has 0 aliphatic heterocycles. The van der Waals surface area contributed by atoms with E-state index in [1.54, 1.807) is 72.8 Å². The molecule has 4 aliphatic carbocycles. The van der Waals surface area contributed by atoms with Crippen LogP contribution in [0.15, 0.2) is 111 Å². The van der Waals surface area contributed by atoms with Crippen LogP contribution in [-0.2, 0) is 29.6 Å². The highest BCUT2D eigenvalue weighted by Crippen LogP contribution is 2.30. The Morgan fingerprint density at radius 2 is 0.940 bits per heavy atom. The van der Waals surface area contributed by atoms with Crippen LogP contribution >= 0.6 is 15.9 Å². The number of nitrogens with one attached hydrogen (secondary N) is 4. The zero-order valence-corrected chi connectivity index (χ0v) is 41.0. The Hall–Kier alpha value is -4.90. The van der Waals surface area contributed by atoms with Crippen molar-refractivity contribution in [3.05, 3.63) is 130 Å². The minimum absolute atomic E-state index is 0.0453. The van der Waals surface area contributed by atoms with Gasteiger partial charge in [-0.15, -0.1) is 12.3 Å². The summed E-state index contributed by atoms with van der Waals surface area (Å²) in [7, 11) is -7.20. The predicted octanol–water partition coefficient (Wildman–Crippen LogP) is 9.63. The molecule has 0 saturated heterocycles. The fourth-order valence-corrected chi connectivity index (χ4v) is 10.7. The first kappa shape index (κ1) is 51.5. The first-order valence-electron chi connectivity index (χ1n) is 23.0. The van der Waals surface area contributed by atoms with Gasteiger partial charge in [0.1, 0.15) is 11.6 Å². The average Bonchev–Trinajstić information content (AvgIpc) is 4.26. The zero-order valence-electron chi connectivity index (χ0n) is 37.8. The smallest absolute Gasteiger partial charge is 0.240 e. The van der Waals surface area contributed by atoms with Crippen LogP contribution in [0.2, 0.25) is 0 Å². The molecule has 2 unspecified atom stereocenters. The van der Waals surface area contributed by atoms with Crippen LogP contribution in [0.1, 0.15) is 120 Å². The van der Waals surface area contributed by atoms with Crippen LogP contribution < -0.4 is 20.1 Å². The first-order chi connectivity index (χ1) is 32.0. The van der Waals surface area contributed by atoms with Crippen molar-refractivity contribution in [2.45, 2.75) is 125 Å². The Labute approximate surface area is 403 Å². The molecule has 10 nitrogen and oxygen atoms in total. The number of hydrogen-bond acceptors (Lipinski definition) is 6. The zero-order chi connectivity index (χ0) is 48.1. The molecule has 4 saturated carbocycles. The Morgan fingerprint density at radius 3 is 1.28 bits per heavy atom. The van der Waals surface area contributed by atoms with Crippen LogP contribution in [0.5, 0.6) is 0 Å². The molecule has 4 N–H and O–H groups in total. The summed E-state index contributed by atoms with van der Waals surface area (Å²) in [5, 5.41) is 5.96. The maximum Gasteiger partial charge on any atom is 0.240 e. The van der Waals surface area contributed by atoms with E-state index in [-0.39, 0.29) is 69.2 Å². The summed E-state index contributed by atoms with van der Waals surface area (Å²) < 4.78 is 83.1. The highest BCUT2D eigenvalue weighted by molar-refractivity contribution is 9.10. The van der Waals surface area contributed by atoms with E-state index in [2.05, 4.69) is 53.8 Å². The van der Waals surface area contributed by atoms with E-state index in [0.29, 0.717) is 63.2 Å². The van der Waals surface area contributed by atoms with Gasteiger partial charge < -0.3 is 10.6 Å². The van der Waals surface area contributed by atoms with Gasteiger partial charge in [-0.05, 0) is 175 Å². The van der Waals surface area contributed by atoms with Crippen LogP contribution in [0.3, 0.4) is 0 Å². The minimum atomic E-state index is -3.62. The normalized spacial score (nSPS) is 21.2. The number of halogens is 3. The molecule has 0 heterocycles. The van der Waals surface area contributed by atoms with Gasteiger partial charge in [0.05, 0.1) is 21.9 Å². The van der Waals surface area contributed by atoms with Crippen molar-refractivity contribution in [1.82, 2.24) is 20.1 Å². The molecule has 67 heavy (non-hydrogen) atoms. The number of benzene rings is 4. The lowest BCUT2D eigenvalue weighted by Gasteiger charge is -2.29. The molecule has 15 heteroatoms. The summed E-state index contributed by atoms with van der Waals surface area (Å²) in [4.78, 5) is 25.7. The molecule has 4 fully saturated rings. The van der Waals surface area contributed by atoms with Crippen molar-refractivity contribution in [3.8, 4) is 24.2 Å². The number of carbonyl (C=O) groups excluding carboxylic acids is 2. The van der Waals surface area contributed by atoms with E-state index in [4.69, 9.17) is 6.42 Å². The molecule has 4 aromatic carbocycles. The maximum atomic E-state index is 13.1. The molecule has 0 aromatic heterocycles. The van der Waals surface area contributed by atoms with Gasteiger partial charge in [-0.3, -0.25) is 9.59 Å². The van der Waals surface area contributed by atoms with Crippen molar-refractivity contribution in [1.29, 1.82) is 0 Å². The number of amides is 2. The van der Waals surface area contributed by atoms with Crippen LogP contribution in [0, 0.1) is 59.5 Å². The van der Waals surface area contributed by atoms with Gasteiger partial charge in [-0.2, -0.15) is 0 Å². The second-order valence-electron chi connectivity index (χ2n) is 17.9. The van der Waals surface area contributed by atoms with Gasteiger partial charge in [0.25, 0.3) is 0 Å². The number of terminal acetylenes is 1. The molecule has 0 spiro atoms. The molecule has 4 aromatic rings. The maximum absolute atomic E-state index is 13.1. The Kier molecular flexibility index (Phi) is 18.4. The van der Waals surface area contributed by atoms with Gasteiger partial charge in [-0.1, -0.05) is 52.0 Å². The summed E-state index contributed by atoms with van der Waals surface area (Å²) in [5.74, 6) is 9.05. The largest absolute Gasteiger partial charge is 0.349 e. The van der Waals surface area contributed by atoms with Gasteiger partial charge in [-0.25, -0.2) is 35.1 Å². The predicted molar refractivity (Wildman–Crippen MR) is 260 cm³/mol. The number of carbonyl (C=O) groups is 2. The lowest BCUT2D eigenvalue weighted by Crippen LogP contribution is -2.41. The van der Waals surface area contributed by atoms with Crippen molar-refractivity contribution in [3.63, 3.8) is 0 Å². The second-order valence-corrected chi connectivity index (χ2v) is 22.2. The first-order valence-corrected chi connectivity index (χ1v) is 26.7. The van der Waals surface area contributed by atoms with Crippen LogP contribution in [-0.4, -0.2) is 40.7 Å².